The molecule has 0 aromatic carbocycles. The number of hydrogen-bond acceptors (Lipinski definition) is 3. The molecule has 0 unspecified atom stereocenters. The van der Waals surface area contributed by atoms with Crippen LogP contribution in [0, 0.1) is 5.41 Å². The lowest BCUT2D eigenvalue weighted by Crippen LogP contribution is -2.55. The standard InChI is InChI=1S/C13H21N3O2/c1-9(2)14-8-10-15-11(17)13(12(18)16-10)6-4-3-5-7-13/h9,14H,3-8H2,1-2H3,(H,15,16,17,18). The fourth-order valence-corrected chi connectivity index (χ4v) is 2.59. The van der Waals surface area contributed by atoms with Gasteiger partial charge in [-0.2, -0.15) is 4.99 Å². The van der Waals surface area contributed by atoms with Gasteiger partial charge in [0.05, 0.1) is 6.54 Å². The molecule has 2 amide bonds. The monoisotopic (exact) mass is 251 g/mol. The maximum Gasteiger partial charge on any atom is 0.263 e. The van der Waals surface area contributed by atoms with Gasteiger partial charge in [0.1, 0.15) is 11.3 Å². The summed E-state index contributed by atoms with van der Waals surface area (Å²) < 4.78 is 0. The molecule has 5 heteroatoms. The number of carbonyl (C=O) groups excluding carboxylic acids is 2. The van der Waals surface area contributed by atoms with Crippen molar-refractivity contribution >= 4 is 17.6 Å². The number of amidine groups is 1. The van der Waals surface area contributed by atoms with Gasteiger partial charge in [-0.25, -0.2) is 0 Å². The van der Waals surface area contributed by atoms with E-state index in [4.69, 9.17) is 0 Å². The summed E-state index contributed by atoms with van der Waals surface area (Å²) in [6, 6.07) is 0.297. The Labute approximate surface area is 107 Å². The van der Waals surface area contributed by atoms with Crippen LogP contribution in [0.1, 0.15) is 46.0 Å². The maximum atomic E-state index is 12.2. The summed E-state index contributed by atoms with van der Waals surface area (Å²) in [6.07, 6.45) is 4.27. The highest BCUT2D eigenvalue weighted by atomic mass is 16.2. The minimum absolute atomic E-state index is 0.150. The summed E-state index contributed by atoms with van der Waals surface area (Å²) in [5, 5.41) is 5.94. The molecule has 0 bridgehead atoms. The van der Waals surface area contributed by atoms with Crippen molar-refractivity contribution < 1.29 is 9.59 Å². The second kappa shape index (κ2) is 5.18. The Morgan fingerprint density at radius 1 is 1.28 bits per heavy atom. The van der Waals surface area contributed by atoms with Crippen molar-refractivity contribution in [3.63, 3.8) is 0 Å². The van der Waals surface area contributed by atoms with Crippen molar-refractivity contribution in [2.24, 2.45) is 10.4 Å². The van der Waals surface area contributed by atoms with Crippen molar-refractivity contribution in [1.82, 2.24) is 10.6 Å². The molecule has 2 aliphatic rings. The lowest BCUT2D eigenvalue weighted by atomic mass is 9.72. The van der Waals surface area contributed by atoms with Crippen LogP contribution in [0.3, 0.4) is 0 Å². The average Bonchev–Trinajstić information content (AvgIpc) is 2.35. The highest BCUT2D eigenvalue weighted by Gasteiger charge is 2.48. The summed E-state index contributed by atoms with van der Waals surface area (Å²) >= 11 is 0. The van der Waals surface area contributed by atoms with E-state index < -0.39 is 5.41 Å². The third-order valence-corrected chi connectivity index (χ3v) is 3.72. The van der Waals surface area contributed by atoms with E-state index in [1.165, 1.54) is 0 Å². The summed E-state index contributed by atoms with van der Waals surface area (Å²) in [5.74, 6) is 0.0594. The topological polar surface area (TPSA) is 70.6 Å². The lowest BCUT2D eigenvalue weighted by Gasteiger charge is -2.35. The van der Waals surface area contributed by atoms with Crippen LogP contribution in [0.5, 0.6) is 0 Å². The zero-order valence-corrected chi connectivity index (χ0v) is 11.1. The van der Waals surface area contributed by atoms with Gasteiger partial charge in [0.2, 0.25) is 5.91 Å². The smallest absolute Gasteiger partial charge is 0.263 e. The third-order valence-electron chi connectivity index (χ3n) is 3.72. The van der Waals surface area contributed by atoms with Gasteiger partial charge in [0.15, 0.2) is 0 Å². The number of aliphatic imine (C=N–C) groups is 1. The Kier molecular flexibility index (Phi) is 3.80. The van der Waals surface area contributed by atoms with Gasteiger partial charge in [-0.1, -0.05) is 33.1 Å². The maximum absolute atomic E-state index is 12.2. The summed E-state index contributed by atoms with van der Waals surface area (Å²) in [4.78, 5) is 28.4. The molecule has 1 aliphatic heterocycles. The largest absolute Gasteiger partial charge is 0.312 e. The van der Waals surface area contributed by atoms with Gasteiger partial charge >= 0.3 is 0 Å². The van der Waals surface area contributed by atoms with E-state index in [9.17, 15) is 9.59 Å². The molecule has 2 rings (SSSR count). The Balaban J connectivity index is 2.10. The first-order valence-electron chi connectivity index (χ1n) is 6.71. The normalized spacial score (nSPS) is 23.2. The molecule has 0 aromatic heterocycles. The van der Waals surface area contributed by atoms with Gasteiger partial charge in [0.25, 0.3) is 5.91 Å². The Morgan fingerprint density at radius 3 is 2.50 bits per heavy atom. The van der Waals surface area contributed by atoms with E-state index in [-0.39, 0.29) is 11.8 Å². The molecule has 1 spiro atoms. The molecule has 1 fully saturated rings. The molecule has 0 radical (unpaired) electrons. The Morgan fingerprint density at radius 2 is 1.94 bits per heavy atom. The van der Waals surface area contributed by atoms with Crippen LogP contribution in [0.4, 0.5) is 0 Å². The fourth-order valence-electron chi connectivity index (χ4n) is 2.59. The van der Waals surface area contributed by atoms with Crippen LogP contribution in [0.25, 0.3) is 0 Å². The second-order valence-corrected chi connectivity index (χ2v) is 5.50. The molecule has 0 saturated heterocycles. The minimum atomic E-state index is -0.862. The third kappa shape index (κ3) is 2.46. The molecule has 0 atom stereocenters. The average molecular weight is 251 g/mol. The number of nitrogens with one attached hydrogen (secondary N) is 2. The van der Waals surface area contributed by atoms with E-state index in [0.717, 1.165) is 19.3 Å². The van der Waals surface area contributed by atoms with Crippen LogP contribution in [-0.2, 0) is 9.59 Å². The number of rotatable bonds is 3. The quantitative estimate of drug-likeness (QED) is 0.735. The summed E-state index contributed by atoms with van der Waals surface area (Å²) in [6.45, 7) is 4.45. The Bertz CT molecular complexity index is 382. The van der Waals surface area contributed by atoms with E-state index in [0.29, 0.717) is 31.3 Å². The van der Waals surface area contributed by atoms with Crippen LogP contribution in [0.15, 0.2) is 4.99 Å². The molecule has 100 valence electrons. The summed E-state index contributed by atoms with van der Waals surface area (Å²) in [7, 11) is 0. The zero-order valence-electron chi connectivity index (χ0n) is 11.1. The molecule has 1 heterocycles. The molecular formula is C13H21N3O2. The van der Waals surface area contributed by atoms with Crippen LogP contribution >= 0.6 is 0 Å². The predicted octanol–water partition coefficient (Wildman–Crippen LogP) is 0.990. The lowest BCUT2D eigenvalue weighted by molar-refractivity contribution is -0.144. The van der Waals surface area contributed by atoms with E-state index in [1.54, 1.807) is 0 Å². The highest BCUT2D eigenvalue weighted by Crippen LogP contribution is 2.38. The van der Waals surface area contributed by atoms with Crippen molar-refractivity contribution in [2.75, 3.05) is 6.54 Å². The Hall–Kier alpha value is -1.23. The van der Waals surface area contributed by atoms with Crippen molar-refractivity contribution in [3.8, 4) is 0 Å². The SMILES string of the molecule is CC(C)NCC1=NC(=O)C2(CCCCC2)C(=O)N1. The second-order valence-electron chi connectivity index (χ2n) is 5.50. The molecule has 5 nitrogen and oxygen atoms in total. The fraction of sp³-hybridized carbons (Fsp3) is 0.769. The van der Waals surface area contributed by atoms with Gasteiger partial charge in [-0.3, -0.25) is 9.59 Å². The molecular weight excluding hydrogens is 230 g/mol. The predicted molar refractivity (Wildman–Crippen MR) is 69.2 cm³/mol. The first kappa shape index (κ1) is 13.2. The van der Waals surface area contributed by atoms with Gasteiger partial charge < -0.3 is 10.6 Å². The number of nitrogens with zero attached hydrogens (tertiary/aromatic N) is 1. The first-order chi connectivity index (χ1) is 8.54. The molecule has 1 aliphatic carbocycles. The van der Waals surface area contributed by atoms with E-state index in [1.807, 2.05) is 13.8 Å². The highest BCUT2D eigenvalue weighted by molar-refractivity contribution is 6.19. The van der Waals surface area contributed by atoms with Crippen molar-refractivity contribution in [3.05, 3.63) is 0 Å². The van der Waals surface area contributed by atoms with E-state index in [2.05, 4.69) is 15.6 Å². The molecule has 18 heavy (non-hydrogen) atoms. The van der Waals surface area contributed by atoms with Gasteiger partial charge in [0, 0.05) is 6.04 Å². The molecule has 1 saturated carbocycles. The number of carbonyl (C=O) groups is 2. The number of hydrogen-bond donors (Lipinski definition) is 2. The van der Waals surface area contributed by atoms with Gasteiger partial charge in [-0.05, 0) is 12.8 Å². The van der Waals surface area contributed by atoms with Crippen LogP contribution in [-0.4, -0.2) is 30.2 Å². The first-order valence-corrected chi connectivity index (χ1v) is 6.71. The molecule has 2 N–H and O–H groups in total. The minimum Gasteiger partial charge on any atom is -0.312 e. The van der Waals surface area contributed by atoms with Crippen LogP contribution in [0.2, 0.25) is 0 Å². The van der Waals surface area contributed by atoms with Crippen molar-refractivity contribution in [1.29, 1.82) is 0 Å². The van der Waals surface area contributed by atoms with E-state index >= 15 is 0 Å². The van der Waals surface area contributed by atoms with Gasteiger partial charge in [-0.15, -0.1) is 0 Å². The number of amides is 2. The molecule has 0 aromatic rings. The summed E-state index contributed by atoms with van der Waals surface area (Å²) in [5.41, 5.74) is -0.862. The zero-order chi connectivity index (χ0) is 13.2. The van der Waals surface area contributed by atoms with Crippen LogP contribution < -0.4 is 10.6 Å². The van der Waals surface area contributed by atoms with Crippen molar-refractivity contribution in [2.45, 2.75) is 52.0 Å².